The lowest BCUT2D eigenvalue weighted by atomic mass is 9.82. The molecular weight excluding hydrogens is 349 g/mol. The Morgan fingerprint density at radius 3 is 2.89 bits per heavy atom. The number of hydrogen-bond acceptors (Lipinski definition) is 5. The maximum absolute atomic E-state index is 13.1. The van der Waals surface area contributed by atoms with Crippen LogP contribution in [0.2, 0.25) is 0 Å². The van der Waals surface area contributed by atoms with Crippen molar-refractivity contribution in [2.24, 2.45) is 11.3 Å². The summed E-state index contributed by atoms with van der Waals surface area (Å²) in [6.45, 7) is 1.78. The molecule has 142 valence electrons. The van der Waals surface area contributed by atoms with Crippen molar-refractivity contribution in [3.8, 4) is 11.8 Å². The van der Waals surface area contributed by atoms with E-state index in [4.69, 9.17) is 9.47 Å². The van der Waals surface area contributed by atoms with Gasteiger partial charge in [0.2, 0.25) is 0 Å². The third kappa shape index (κ3) is 3.34. The number of ether oxygens (including phenoxy) is 2. The van der Waals surface area contributed by atoms with E-state index >= 15 is 0 Å². The van der Waals surface area contributed by atoms with Crippen molar-refractivity contribution < 1.29 is 18.7 Å². The molecule has 2 fully saturated rings. The zero-order valence-corrected chi connectivity index (χ0v) is 15.2. The maximum Gasteiger partial charge on any atom is 0.316 e. The molecule has 4 rings (SSSR count). The van der Waals surface area contributed by atoms with Crippen LogP contribution in [0.5, 0.6) is 11.8 Å². The van der Waals surface area contributed by atoms with Crippen molar-refractivity contribution in [1.29, 1.82) is 0 Å². The molecule has 2 aliphatic rings. The van der Waals surface area contributed by atoms with Gasteiger partial charge in [0.05, 0.1) is 31.7 Å². The molecule has 1 amide bonds. The first-order valence-corrected chi connectivity index (χ1v) is 9.14. The van der Waals surface area contributed by atoms with Gasteiger partial charge in [0, 0.05) is 18.5 Å². The molecule has 1 saturated carbocycles. The molecule has 2 aromatic rings. The highest BCUT2D eigenvalue weighted by molar-refractivity contribution is 5.97. The molecular formula is C20H22FN3O3. The Morgan fingerprint density at radius 2 is 2.11 bits per heavy atom. The molecule has 1 aliphatic carbocycles. The van der Waals surface area contributed by atoms with Crippen LogP contribution in [0, 0.1) is 17.2 Å². The summed E-state index contributed by atoms with van der Waals surface area (Å²) in [5.41, 5.74) is 0.480. The van der Waals surface area contributed by atoms with Crippen molar-refractivity contribution >= 4 is 5.91 Å². The van der Waals surface area contributed by atoms with Crippen molar-refractivity contribution in [2.45, 2.75) is 19.3 Å². The van der Waals surface area contributed by atoms with Crippen molar-refractivity contribution in [3.63, 3.8) is 0 Å². The van der Waals surface area contributed by atoms with Crippen LogP contribution in [0.3, 0.4) is 0 Å². The lowest BCUT2D eigenvalue weighted by molar-refractivity contribution is 0.0739. The molecule has 2 unspecified atom stereocenters. The van der Waals surface area contributed by atoms with Gasteiger partial charge in [-0.15, -0.1) is 0 Å². The predicted octanol–water partition coefficient (Wildman–Crippen LogP) is 2.95. The molecule has 1 aliphatic heterocycles. The van der Waals surface area contributed by atoms with Gasteiger partial charge >= 0.3 is 6.01 Å². The molecule has 1 aromatic heterocycles. The Hall–Kier alpha value is -2.70. The Bertz CT molecular complexity index is 829. The first kappa shape index (κ1) is 17.7. The van der Waals surface area contributed by atoms with Crippen LogP contribution in [0.25, 0.3) is 0 Å². The number of amides is 1. The number of carbonyl (C=O) groups excluding carboxylic acids is 1. The van der Waals surface area contributed by atoms with Crippen LogP contribution in [0.15, 0.2) is 36.7 Å². The summed E-state index contributed by atoms with van der Waals surface area (Å²) in [5.74, 6) is 0.467. The van der Waals surface area contributed by atoms with Crippen LogP contribution >= 0.6 is 0 Å². The molecule has 1 saturated heterocycles. The Kier molecular flexibility index (Phi) is 4.68. The van der Waals surface area contributed by atoms with E-state index < -0.39 is 5.82 Å². The zero-order chi connectivity index (χ0) is 18.9. The van der Waals surface area contributed by atoms with Gasteiger partial charge in [-0.1, -0.05) is 18.6 Å². The number of fused-ring (bicyclic) bond motifs is 1. The fourth-order valence-electron chi connectivity index (χ4n) is 4.38. The van der Waals surface area contributed by atoms with E-state index in [1.54, 1.807) is 19.2 Å². The van der Waals surface area contributed by atoms with Crippen molar-refractivity contribution in [2.75, 3.05) is 26.8 Å². The number of hydrogen-bond donors (Lipinski definition) is 0. The quantitative estimate of drug-likeness (QED) is 0.809. The minimum absolute atomic E-state index is 0.0146. The standard InChI is InChI=1S/C20H22FN3O3/c1-26-17-7-3-2-6-16(17)18(25)24-11-14-5-4-8-20(14,12-24)13-27-19-22-9-15(21)10-23-19/h2-3,6-7,9-10,14H,4-5,8,11-13H2,1H3. The van der Waals surface area contributed by atoms with Gasteiger partial charge in [-0.25, -0.2) is 14.4 Å². The summed E-state index contributed by atoms with van der Waals surface area (Å²) in [6, 6.07) is 7.47. The number of nitrogens with zero attached hydrogens (tertiary/aromatic N) is 3. The van der Waals surface area contributed by atoms with E-state index in [-0.39, 0.29) is 17.3 Å². The number of aromatic nitrogens is 2. The maximum atomic E-state index is 13.1. The summed E-state index contributed by atoms with van der Waals surface area (Å²) in [6.07, 6.45) is 5.38. The highest BCUT2D eigenvalue weighted by Crippen LogP contribution is 2.49. The van der Waals surface area contributed by atoms with E-state index in [9.17, 15) is 9.18 Å². The number of rotatable bonds is 5. The van der Waals surface area contributed by atoms with Crippen LogP contribution in [0.1, 0.15) is 29.6 Å². The minimum Gasteiger partial charge on any atom is -0.496 e. The number of methoxy groups -OCH3 is 1. The van der Waals surface area contributed by atoms with Gasteiger partial charge in [0.1, 0.15) is 5.75 Å². The molecule has 6 nitrogen and oxygen atoms in total. The van der Waals surface area contributed by atoms with E-state index in [0.29, 0.717) is 36.9 Å². The fourth-order valence-corrected chi connectivity index (χ4v) is 4.38. The fraction of sp³-hybridized carbons (Fsp3) is 0.450. The molecule has 1 aromatic carbocycles. The topological polar surface area (TPSA) is 64.5 Å². The average molecular weight is 371 g/mol. The first-order chi connectivity index (χ1) is 13.1. The van der Waals surface area contributed by atoms with Crippen LogP contribution in [0.4, 0.5) is 4.39 Å². The smallest absolute Gasteiger partial charge is 0.316 e. The van der Waals surface area contributed by atoms with E-state index in [2.05, 4.69) is 9.97 Å². The number of likely N-dealkylation sites (tertiary alicyclic amines) is 1. The van der Waals surface area contributed by atoms with Gasteiger partial charge < -0.3 is 14.4 Å². The van der Waals surface area contributed by atoms with Crippen LogP contribution in [-0.2, 0) is 0 Å². The summed E-state index contributed by atoms with van der Waals surface area (Å²) < 4.78 is 24.1. The molecule has 2 atom stereocenters. The first-order valence-electron chi connectivity index (χ1n) is 9.14. The third-order valence-corrected chi connectivity index (χ3v) is 5.75. The monoisotopic (exact) mass is 371 g/mol. The molecule has 0 radical (unpaired) electrons. The second-order valence-corrected chi connectivity index (χ2v) is 7.31. The molecule has 7 heteroatoms. The number of carbonyl (C=O) groups is 1. The van der Waals surface area contributed by atoms with Crippen molar-refractivity contribution in [1.82, 2.24) is 14.9 Å². The molecule has 0 bridgehead atoms. The normalized spacial score (nSPS) is 23.9. The summed E-state index contributed by atoms with van der Waals surface area (Å²) >= 11 is 0. The Labute approximate surface area is 157 Å². The molecule has 0 N–H and O–H groups in total. The second kappa shape index (κ2) is 7.13. The largest absolute Gasteiger partial charge is 0.496 e. The SMILES string of the molecule is COc1ccccc1C(=O)N1CC2CCCC2(COc2ncc(F)cn2)C1. The van der Waals surface area contributed by atoms with E-state index in [1.165, 1.54) is 0 Å². The summed E-state index contributed by atoms with van der Waals surface area (Å²) in [7, 11) is 1.57. The van der Waals surface area contributed by atoms with Crippen molar-refractivity contribution in [3.05, 3.63) is 48.0 Å². The molecule has 2 heterocycles. The predicted molar refractivity (Wildman–Crippen MR) is 96.2 cm³/mol. The molecule has 0 spiro atoms. The molecule has 27 heavy (non-hydrogen) atoms. The Balaban J connectivity index is 1.49. The van der Waals surface area contributed by atoms with Gasteiger partial charge in [-0.2, -0.15) is 0 Å². The second-order valence-electron chi connectivity index (χ2n) is 7.31. The highest BCUT2D eigenvalue weighted by atomic mass is 19.1. The number of halogens is 1. The van der Waals surface area contributed by atoms with E-state index in [1.807, 2.05) is 17.0 Å². The lowest BCUT2D eigenvalue weighted by Gasteiger charge is -2.28. The summed E-state index contributed by atoms with van der Waals surface area (Å²) in [5, 5.41) is 0. The third-order valence-electron chi connectivity index (χ3n) is 5.75. The number of para-hydroxylation sites is 1. The van der Waals surface area contributed by atoms with Gasteiger partial charge in [-0.05, 0) is 30.9 Å². The van der Waals surface area contributed by atoms with Gasteiger partial charge in [-0.3, -0.25) is 4.79 Å². The van der Waals surface area contributed by atoms with Crippen LogP contribution in [-0.4, -0.2) is 47.6 Å². The lowest BCUT2D eigenvalue weighted by Crippen LogP contribution is -2.36. The minimum atomic E-state index is -0.492. The zero-order valence-electron chi connectivity index (χ0n) is 15.2. The Morgan fingerprint density at radius 1 is 1.33 bits per heavy atom. The van der Waals surface area contributed by atoms with Gasteiger partial charge in [0.15, 0.2) is 5.82 Å². The van der Waals surface area contributed by atoms with E-state index in [0.717, 1.165) is 31.7 Å². The summed E-state index contributed by atoms with van der Waals surface area (Å²) in [4.78, 5) is 22.7. The number of benzene rings is 1. The van der Waals surface area contributed by atoms with Gasteiger partial charge in [0.25, 0.3) is 5.91 Å². The average Bonchev–Trinajstić information content (AvgIpc) is 3.24. The highest BCUT2D eigenvalue weighted by Gasteiger charge is 2.51. The van der Waals surface area contributed by atoms with Crippen LogP contribution < -0.4 is 9.47 Å².